The highest BCUT2D eigenvalue weighted by Gasteiger charge is 2.00. The highest BCUT2D eigenvalue weighted by molar-refractivity contribution is 5.81. The van der Waals surface area contributed by atoms with Gasteiger partial charge in [-0.25, -0.2) is 4.79 Å². The van der Waals surface area contributed by atoms with Gasteiger partial charge in [-0.05, 0) is 30.2 Å². The Morgan fingerprint density at radius 3 is 2.59 bits per heavy atom. The molecule has 0 unspecified atom stereocenters. The first-order valence-electron chi connectivity index (χ1n) is 7.10. The second-order valence-electron chi connectivity index (χ2n) is 4.33. The summed E-state index contributed by atoms with van der Waals surface area (Å²) < 4.78 is 15.7. The van der Waals surface area contributed by atoms with Crippen molar-refractivity contribution >= 4 is 18.1 Å². The van der Waals surface area contributed by atoms with Gasteiger partial charge < -0.3 is 14.2 Å². The Bertz CT molecular complexity index is 532. The fourth-order valence-electron chi connectivity index (χ4n) is 1.73. The number of esters is 1. The van der Waals surface area contributed by atoms with E-state index >= 15 is 0 Å². The molecule has 1 aromatic carbocycles. The molecule has 0 heterocycles. The minimum Gasteiger partial charge on any atom is -0.491 e. The molecule has 4 heteroatoms. The van der Waals surface area contributed by atoms with Gasteiger partial charge in [0.1, 0.15) is 19.0 Å². The Balaban J connectivity index is 2.30. The van der Waals surface area contributed by atoms with Crippen molar-refractivity contribution in [1.29, 1.82) is 0 Å². The second-order valence-corrected chi connectivity index (χ2v) is 4.33. The molecule has 0 amide bonds. The highest BCUT2D eigenvalue weighted by Crippen LogP contribution is 2.20. The molecule has 0 bridgehead atoms. The van der Waals surface area contributed by atoms with Crippen molar-refractivity contribution in [2.75, 3.05) is 26.4 Å². The standard InChI is InChI=1S/C18H22O4/c1-4-7-16-14-17(9-8-15(16)5-2)21-12-10-20-11-13-22-18(19)6-3/h4-9,14H,2-3,10-13H2,1H3/b7-4-. The first-order valence-corrected chi connectivity index (χ1v) is 7.10. The molecule has 4 nitrogen and oxygen atoms in total. The Hall–Kier alpha value is -2.33. The SMILES string of the molecule is C=CC(=O)OCCOCCOc1ccc(C=C)c(/C=C\C)c1. The second kappa shape index (κ2) is 10.4. The largest absolute Gasteiger partial charge is 0.491 e. The number of carbonyl (C=O) groups excluding carboxylic acids is 1. The van der Waals surface area contributed by atoms with E-state index in [1.54, 1.807) is 0 Å². The quantitative estimate of drug-likeness (QED) is 0.377. The lowest BCUT2D eigenvalue weighted by molar-refractivity contribution is -0.139. The number of carbonyl (C=O) groups is 1. The van der Waals surface area contributed by atoms with E-state index in [0.29, 0.717) is 19.8 Å². The molecule has 0 aliphatic rings. The molecule has 118 valence electrons. The lowest BCUT2D eigenvalue weighted by atomic mass is 10.1. The van der Waals surface area contributed by atoms with Crippen LogP contribution >= 0.6 is 0 Å². The third-order valence-corrected chi connectivity index (χ3v) is 2.76. The molecule has 0 aromatic heterocycles. The molecule has 0 N–H and O–H groups in total. The average Bonchev–Trinajstić information content (AvgIpc) is 2.54. The van der Waals surface area contributed by atoms with Crippen molar-refractivity contribution in [2.24, 2.45) is 0 Å². The summed E-state index contributed by atoms with van der Waals surface area (Å²) in [5.74, 6) is 0.332. The molecule has 0 spiro atoms. The first-order chi connectivity index (χ1) is 10.7. The third kappa shape index (κ3) is 6.41. The van der Waals surface area contributed by atoms with E-state index in [1.807, 2.05) is 43.4 Å². The van der Waals surface area contributed by atoms with E-state index in [1.165, 1.54) is 0 Å². The zero-order valence-corrected chi connectivity index (χ0v) is 12.9. The van der Waals surface area contributed by atoms with Crippen molar-refractivity contribution < 1.29 is 19.0 Å². The summed E-state index contributed by atoms with van der Waals surface area (Å²) >= 11 is 0. The van der Waals surface area contributed by atoms with Crippen LogP contribution in [0.4, 0.5) is 0 Å². The molecular formula is C18H22O4. The summed E-state index contributed by atoms with van der Waals surface area (Å²) in [5.41, 5.74) is 2.12. The molecule has 0 saturated heterocycles. The van der Waals surface area contributed by atoms with Gasteiger partial charge in [0.25, 0.3) is 0 Å². The van der Waals surface area contributed by atoms with Gasteiger partial charge in [0.2, 0.25) is 0 Å². The van der Waals surface area contributed by atoms with Crippen LogP contribution in [0.1, 0.15) is 18.1 Å². The van der Waals surface area contributed by atoms with Gasteiger partial charge in [0.05, 0.1) is 13.2 Å². The Kier molecular flexibility index (Phi) is 8.38. The first kappa shape index (κ1) is 17.7. The van der Waals surface area contributed by atoms with Gasteiger partial charge >= 0.3 is 5.97 Å². The summed E-state index contributed by atoms with van der Waals surface area (Å²) in [4.78, 5) is 10.8. The molecule has 0 fully saturated rings. The van der Waals surface area contributed by atoms with E-state index in [-0.39, 0.29) is 6.61 Å². The number of allylic oxidation sites excluding steroid dienone is 1. The summed E-state index contributed by atoms with van der Waals surface area (Å²) in [6.45, 7) is 10.5. The van der Waals surface area contributed by atoms with Gasteiger partial charge in [-0.15, -0.1) is 0 Å². The maximum absolute atomic E-state index is 10.8. The monoisotopic (exact) mass is 302 g/mol. The van der Waals surface area contributed by atoms with Gasteiger partial charge in [-0.2, -0.15) is 0 Å². The van der Waals surface area contributed by atoms with Gasteiger partial charge in [-0.3, -0.25) is 0 Å². The van der Waals surface area contributed by atoms with Crippen LogP contribution in [0.5, 0.6) is 5.75 Å². The lowest BCUT2D eigenvalue weighted by Crippen LogP contribution is -2.12. The molecule has 0 saturated carbocycles. The van der Waals surface area contributed by atoms with Crippen LogP contribution in [0.25, 0.3) is 12.2 Å². The van der Waals surface area contributed by atoms with E-state index in [9.17, 15) is 4.79 Å². The van der Waals surface area contributed by atoms with Crippen LogP contribution in [-0.4, -0.2) is 32.4 Å². The van der Waals surface area contributed by atoms with E-state index in [2.05, 4.69) is 13.2 Å². The number of ether oxygens (including phenoxy) is 3. The van der Waals surface area contributed by atoms with Crippen molar-refractivity contribution in [3.8, 4) is 5.75 Å². The van der Waals surface area contributed by atoms with Crippen LogP contribution in [0.15, 0.2) is 43.5 Å². The average molecular weight is 302 g/mol. The van der Waals surface area contributed by atoms with Crippen molar-refractivity contribution in [3.63, 3.8) is 0 Å². The normalized spacial score (nSPS) is 10.4. The Labute approximate surface area is 131 Å². The Morgan fingerprint density at radius 1 is 1.14 bits per heavy atom. The van der Waals surface area contributed by atoms with Gasteiger partial charge in [-0.1, -0.05) is 37.5 Å². The highest BCUT2D eigenvalue weighted by atomic mass is 16.6. The molecule has 0 aliphatic carbocycles. The minimum atomic E-state index is -0.446. The third-order valence-electron chi connectivity index (χ3n) is 2.76. The summed E-state index contributed by atoms with van der Waals surface area (Å²) in [6.07, 6.45) is 6.92. The smallest absolute Gasteiger partial charge is 0.330 e. The van der Waals surface area contributed by atoms with Crippen LogP contribution in [0.3, 0.4) is 0 Å². The maximum atomic E-state index is 10.8. The van der Waals surface area contributed by atoms with Crippen molar-refractivity contribution in [2.45, 2.75) is 6.92 Å². The number of benzene rings is 1. The number of hydrogen-bond donors (Lipinski definition) is 0. The van der Waals surface area contributed by atoms with Crippen molar-refractivity contribution in [1.82, 2.24) is 0 Å². The molecule has 22 heavy (non-hydrogen) atoms. The topological polar surface area (TPSA) is 44.8 Å². The Morgan fingerprint density at radius 2 is 1.91 bits per heavy atom. The zero-order valence-electron chi connectivity index (χ0n) is 12.9. The van der Waals surface area contributed by atoms with E-state index in [0.717, 1.165) is 23.0 Å². The molecule has 1 aromatic rings. The van der Waals surface area contributed by atoms with E-state index in [4.69, 9.17) is 14.2 Å². The molecule has 1 rings (SSSR count). The van der Waals surface area contributed by atoms with Gasteiger partial charge in [0.15, 0.2) is 0 Å². The molecule has 0 aliphatic heterocycles. The summed E-state index contributed by atoms with van der Waals surface area (Å²) in [6, 6.07) is 5.83. The zero-order chi connectivity index (χ0) is 16.2. The molecular weight excluding hydrogens is 280 g/mol. The van der Waals surface area contributed by atoms with E-state index < -0.39 is 5.97 Å². The predicted molar refractivity (Wildman–Crippen MR) is 88.7 cm³/mol. The fourth-order valence-corrected chi connectivity index (χ4v) is 1.73. The lowest BCUT2D eigenvalue weighted by Gasteiger charge is -2.09. The molecule has 0 radical (unpaired) electrons. The number of hydrogen-bond acceptors (Lipinski definition) is 4. The van der Waals surface area contributed by atoms with Crippen molar-refractivity contribution in [3.05, 3.63) is 54.6 Å². The number of rotatable bonds is 10. The van der Waals surface area contributed by atoms with Crippen LogP contribution < -0.4 is 4.74 Å². The predicted octanol–water partition coefficient (Wildman–Crippen LogP) is 3.49. The summed E-state index contributed by atoms with van der Waals surface area (Å²) in [7, 11) is 0. The summed E-state index contributed by atoms with van der Waals surface area (Å²) in [5, 5.41) is 0. The maximum Gasteiger partial charge on any atom is 0.330 e. The van der Waals surface area contributed by atoms with Crippen LogP contribution in [0.2, 0.25) is 0 Å². The molecule has 0 atom stereocenters. The minimum absolute atomic E-state index is 0.213. The van der Waals surface area contributed by atoms with Crippen LogP contribution in [-0.2, 0) is 14.3 Å². The van der Waals surface area contributed by atoms with Gasteiger partial charge in [0, 0.05) is 6.08 Å². The van der Waals surface area contributed by atoms with Crippen LogP contribution in [0, 0.1) is 0 Å². The fraction of sp³-hybridized carbons (Fsp3) is 0.278.